The molecule has 1 aromatic rings. The molecule has 0 bridgehead atoms. The number of alkyl halides is 3. The molecule has 6 nitrogen and oxygen atoms in total. The highest BCUT2D eigenvalue weighted by molar-refractivity contribution is 14.0. The van der Waals surface area contributed by atoms with E-state index in [0.29, 0.717) is 31.1 Å². The van der Waals surface area contributed by atoms with Gasteiger partial charge in [0.25, 0.3) is 5.91 Å². The zero-order valence-electron chi connectivity index (χ0n) is 17.6. The first-order valence-corrected chi connectivity index (χ1v) is 9.87. The Morgan fingerprint density at radius 2 is 1.70 bits per heavy atom. The largest absolute Gasteiger partial charge is 0.416 e. The third-order valence-corrected chi connectivity index (χ3v) is 5.00. The minimum absolute atomic E-state index is 0. The Bertz CT molecular complexity index is 687. The number of rotatable bonds is 6. The number of carbonyl (C=O) groups is 1. The second kappa shape index (κ2) is 12.3. The van der Waals surface area contributed by atoms with E-state index in [4.69, 9.17) is 0 Å². The molecule has 1 aromatic carbocycles. The molecule has 1 saturated heterocycles. The zero-order valence-corrected chi connectivity index (χ0v) is 19.9. The summed E-state index contributed by atoms with van der Waals surface area (Å²) >= 11 is 0. The van der Waals surface area contributed by atoms with E-state index in [9.17, 15) is 18.0 Å². The minimum atomic E-state index is -4.41. The second-order valence-corrected chi connectivity index (χ2v) is 7.38. The van der Waals surface area contributed by atoms with Gasteiger partial charge in [0.15, 0.2) is 5.96 Å². The molecule has 3 N–H and O–H groups in total. The first-order chi connectivity index (χ1) is 13.7. The molecule has 2 rings (SSSR count). The topological polar surface area (TPSA) is 68.8 Å². The number of halogens is 4. The van der Waals surface area contributed by atoms with Crippen molar-refractivity contribution in [3.63, 3.8) is 0 Å². The highest BCUT2D eigenvalue weighted by Crippen LogP contribution is 2.29. The summed E-state index contributed by atoms with van der Waals surface area (Å²) in [6, 6.07) is 5.08. The van der Waals surface area contributed by atoms with E-state index in [1.807, 2.05) is 0 Å². The minimum Gasteiger partial charge on any atom is -0.355 e. The van der Waals surface area contributed by atoms with Gasteiger partial charge in [-0.2, -0.15) is 13.2 Å². The van der Waals surface area contributed by atoms with E-state index < -0.39 is 17.6 Å². The summed E-state index contributed by atoms with van der Waals surface area (Å²) in [7, 11) is 1.69. The van der Waals surface area contributed by atoms with Gasteiger partial charge in [0.1, 0.15) is 0 Å². The standard InChI is InChI=1S/C20H30F3N5O.HI/c1-14(2)28-12-8-17(9-13-28)27-19(24-3)26-11-10-25-18(29)15-4-6-16(7-5-15)20(21,22)23;/h4-7,14,17H,8-13H2,1-3H3,(H,25,29)(H2,24,26,27);1H. The lowest BCUT2D eigenvalue weighted by Crippen LogP contribution is -2.50. The summed E-state index contributed by atoms with van der Waals surface area (Å²) in [5.74, 6) is 0.265. The van der Waals surface area contributed by atoms with Crippen molar-refractivity contribution in [2.24, 2.45) is 4.99 Å². The molecule has 10 heteroatoms. The molecule has 0 aliphatic carbocycles. The summed E-state index contributed by atoms with van der Waals surface area (Å²) in [6.45, 7) is 7.29. The monoisotopic (exact) mass is 541 g/mol. The van der Waals surface area contributed by atoms with Gasteiger partial charge in [-0.05, 0) is 51.0 Å². The average Bonchev–Trinajstić information content (AvgIpc) is 2.69. The van der Waals surface area contributed by atoms with Gasteiger partial charge in [0, 0.05) is 50.9 Å². The van der Waals surface area contributed by atoms with Crippen LogP contribution in [0.15, 0.2) is 29.3 Å². The van der Waals surface area contributed by atoms with Crippen LogP contribution in [0.2, 0.25) is 0 Å². The molecule has 1 aliphatic rings. The van der Waals surface area contributed by atoms with Gasteiger partial charge < -0.3 is 20.9 Å². The molecular weight excluding hydrogens is 510 g/mol. The van der Waals surface area contributed by atoms with Gasteiger partial charge in [-0.25, -0.2) is 0 Å². The Balaban J connectivity index is 0.00000450. The van der Waals surface area contributed by atoms with Crippen molar-refractivity contribution in [3.05, 3.63) is 35.4 Å². The van der Waals surface area contributed by atoms with E-state index in [1.165, 1.54) is 12.1 Å². The Morgan fingerprint density at radius 3 is 2.20 bits per heavy atom. The van der Waals surface area contributed by atoms with Gasteiger partial charge in [0.05, 0.1) is 5.56 Å². The van der Waals surface area contributed by atoms with Crippen molar-refractivity contribution in [1.29, 1.82) is 0 Å². The molecule has 0 atom stereocenters. The van der Waals surface area contributed by atoms with Crippen LogP contribution >= 0.6 is 24.0 Å². The number of nitrogens with one attached hydrogen (secondary N) is 3. The summed E-state index contributed by atoms with van der Waals surface area (Å²) in [5, 5.41) is 9.23. The number of amides is 1. The van der Waals surface area contributed by atoms with E-state index in [-0.39, 0.29) is 29.5 Å². The third kappa shape index (κ3) is 8.29. The fourth-order valence-electron chi connectivity index (χ4n) is 3.22. The summed E-state index contributed by atoms with van der Waals surface area (Å²) in [6.07, 6.45) is -2.32. The maximum atomic E-state index is 12.6. The number of benzene rings is 1. The van der Waals surface area contributed by atoms with Crippen molar-refractivity contribution in [1.82, 2.24) is 20.9 Å². The molecule has 1 heterocycles. The maximum Gasteiger partial charge on any atom is 0.416 e. The van der Waals surface area contributed by atoms with Crippen LogP contribution in [0.5, 0.6) is 0 Å². The Hall–Kier alpha value is -1.56. The Morgan fingerprint density at radius 1 is 1.13 bits per heavy atom. The number of piperidine rings is 1. The molecular formula is C20H31F3IN5O. The first kappa shape index (κ1) is 26.5. The smallest absolute Gasteiger partial charge is 0.355 e. The number of likely N-dealkylation sites (tertiary alicyclic amines) is 1. The van der Waals surface area contributed by atoms with E-state index >= 15 is 0 Å². The predicted molar refractivity (Wildman–Crippen MR) is 123 cm³/mol. The van der Waals surface area contributed by atoms with Crippen molar-refractivity contribution in [2.45, 2.75) is 44.9 Å². The van der Waals surface area contributed by atoms with Crippen molar-refractivity contribution >= 4 is 35.8 Å². The molecule has 1 amide bonds. The highest BCUT2D eigenvalue weighted by Gasteiger charge is 2.30. The van der Waals surface area contributed by atoms with Crippen LogP contribution in [0.3, 0.4) is 0 Å². The molecule has 0 aromatic heterocycles. The first-order valence-electron chi connectivity index (χ1n) is 9.87. The summed E-state index contributed by atoms with van der Waals surface area (Å²) in [4.78, 5) is 18.7. The molecule has 0 unspecified atom stereocenters. The quantitative estimate of drug-likeness (QED) is 0.224. The Kier molecular flexibility index (Phi) is 10.9. The Labute approximate surface area is 193 Å². The number of hydrogen-bond donors (Lipinski definition) is 3. The van der Waals surface area contributed by atoms with Crippen molar-refractivity contribution < 1.29 is 18.0 Å². The van der Waals surface area contributed by atoms with E-state index in [1.54, 1.807) is 7.05 Å². The third-order valence-electron chi connectivity index (χ3n) is 5.00. The number of aliphatic imine (C=N–C) groups is 1. The van der Waals surface area contributed by atoms with Crippen molar-refractivity contribution in [2.75, 3.05) is 33.2 Å². The van der Waals surface area contributed by atoms with Crippen LogP contribution in [-0.2, 0) is 6.18 Å². The van der Waals surface area contributed by atoms with Gasteiger partial charge in [-0.15, -0.1) is 24.0 Å². The van der Waals surface area contributed by atoms with Gasteiger partial charge in [-0.3, -0.25) is 9.79 Å². The van der Waals surface area contributed by atoms with Gasteiger partial charge >= 0.3 is 6.18 Å². The number of guanidine groups is 1. The summed E-state index contributed by atoms with van der Waals surface area (Å²) < 4.78 is 37.7. The molecule has 30 heavy (non-hydrogen) atoms. The van der Waals surface area contributed by atoms with Crippen LogP contribution in [-0.4, -0.2) is 62.1 Å². The van der Waals surface area contributed by atoms with Gasteiger partial charge in [0.2, 0.25) is 0 Å². The molecule has 170 valence electrons. The van der Waals surface area contributed by atoms with Gasteiger partial charge in [-0.1, -0.05) is 0 Å². The van der Waals surface area contributed by atoms with Crippen LogP contribution < -0.4 is 16.0 Å². The fourth-order valence-corrected chi connectivity index (χ4v) is 3.22. The number of nitrogens with zero attached hydrogens (tertiary/aromatic N) is 2. The van der Waals surface area contributed by atoms with E-state index in [0.717, 1.165) is 38.1 Å². The van der Waals surface area contributed by atoms with Crippen molar-refractivity contribution in [3.8, 4) is 0 Å². The lowest BCUT2D eigenvalue weighted by molar-refractivity contribution is -0.137. The predicted octanol–water partition coefficient (Wildman–Crippen LogP) is 3.09. The molecule has 1 fully saturated rings. The zero-order chi connectivity index (χ0) is 21.4. The molecule has 0 saturated carbocycles. The molecule has 1 aliphatic heterocycles. The highest BCUT2D eigenvalue weighted by atomic mass is 127. The maximum absolute atomic E-state index is 12.6. The summed E-state index contributed by atoms with van der Waals surface area (Å²) in [5.41, 5.74) is -0.581. The van der Waals surface area contributed by atoms with Crippen LogP contribution in [0.1, 0.15) is 42.6 Å². The molecule has 0 radical (unpaired) electrons. The normalized spacial score (nSPS) is 16.2. The number of hydrogen-bond acceptors (Lipinski definition) is 3. The number of carbonyl (C=O) groups excluding carboxylic acids is 1. The lowest BCUT2D eigenvalue weighted by atomic mass is 10.0. The van der Waals surface area contributed by atoms with Crippen LogP contribution in [0.25, 0.3) is 0 Å². The van der Waals surface area contributed by atoms with Crippen LogP contribution in [0, 0.1) is 0 Å². The van der Waals surface area contributed by atoms with Crippen LogP contribution in [0.4, 0.5) is 13.2 Å². The van der Waals surface area contributed by atoms with E-state index in [2.05, 4.69) is 39.7 Å². The fraction of sp³-hybridized carbons (Fsp3) is 0.600. The average molecular weight is 541 g/mol. The second-order valence-electron chi connectivity index (χ2n) is 7.38. The lowest BCUT2D eigenvalue weighted by Gasteiger charge is -2.35. The molecule has 0 spiro atoms. The SMILES string of the molecule is CN=C(NCCNC(=O)c1ccc(C(F)(F)F)cc1)NC1CCN(C(C)C)CC1.I.